The van der Waals surface area contributed by atoms with Gasteiger partial charge in [0, 0.05) is 16.6 Å². The van der Waals surface area contributed by atoms with Crippen molar-refractivity contribution < 1.29 is 13.2 Å². The van der Waals surface area contributed by atoms with Crippen LogP contribution in [0.15, 0.2) is 36.4 Å². The molecule has 1 aliphatic heterocycles. The van der Waals surface area contributed by atoms with Crippen LogP contribution in [0.5, 0.6) is 0 Å². The second-order valence-electron chi connectivity index (χ2n) is 6.03. The molecule has 1 heterocycles. The van der Waals surface area contributed by atoms with Crippen molar-refractivity contribution in [2.24, 2.45) is 0 Å². The molecule has 0 radical (unpaired) electrons. The van der Waals surface area contributed by atoms with E-state index in [0.29, 0.717) is 33.4 Å². The number of benzene rings is 2. The van der Waals surface area contributed by atoms with E-state index in [1.165, 1.54) is 10.6 Å². The fourth-order valence-corrected chi connectivity index (χ4v) is 4.75. The first-order valence-electron chi connectivity index (χ1n) is 7.55. The lowest BCUT2D eigenvalue weighted by Gasteiger charge is -2.21. The molecular formula is C17H16Cl2N2O3S. The van der Waals surface area contributed by atoms with Crippen molar-refractivity contribution in [2.45, 2.75) is 19.4 Å². The van der Waals surface area contributed by atoms with Crippen molar-refractivity contribution in [1.29, 1.82) is 0 Å². The Morgan fingerprint density at radius 2 is 1.92 bits per heavy atom. The second-order valence-corrected chi connectivity index (χ2v) is 8.74. The van der Waals surface area contributed by atoms with Crippen molar-refractivity contribution in [3.63, 3.8) is 0 Å². The molecule has 2 aromatic carbocycles. The van der Waals surface area contributed by atoms with Crippen LogP contribution in [-0.2, 0) is 16.4 Å². The summed E-state index contributed by atoms with van der Waals surface area (Å²) in [5.41, 5.74) is 2.35. The maximum atomic E-state index is 12.5. The molecule has 0 bridgehead atoms. The number of carbonyl (C=O) groups is 1. The molecule has 0 fully saturated rings. The first-order valence-corrected chi connectivity index (χ1v) is 10.2. The molecule has 0 unspecified atom stereocenters. The van der Waals surface area contributed by atoms with Crippen LogP contribution in [-0.4, -0.2) is 26.6 Å². The summed E-state index contributed by atoms with van der Waals surface area (Å²) >= 11 is 11.9. The minimum absolute atomic E-state index is 0.172. The lowest BCUT2D eigenvalue weighted by Crippen LogP contribution is -2.34. The third kappa shape index (κ3) is 3.61. The summed E-state index contributed by atoms with van der Waals surface area (Å²) in [7, 11) is -3.35. The number of rotatable bonds is 3. The zero-order valence-electron chi connectivity index (χ0n) is 13.6. The summed E-state index contributed by atoms with van der Waals surface area (Å²) < 4.78 is 25.3. The Labute approximate surface area is 156 Å². The molecule has 2 aromatic rings. The molecule has 1 N–H and O–H groups in total. The van der Waals surface area contributed by atoms with Gasteiger partial charge in [0.05, 0.1) is 22.7 Å². The standard InChI is InChI=1S/C17H16Cl2N2O3S/c1-10-7-12-8-11(3-6-16(12)21(10)25(2,23)24)17(22)20-15-5-4-13(18)9-14(15)19/h3-6,8-10H,7H2,1-2H3,(H,20,22)/t10-/m1/s1. The first-order chi connectivity index (χ1) is 11.7. The van der Waals surface area contributed by atoms with Gasteiger partial charge in [-0.05, 0) is 55.3 Å². The van der Waals surface area contributed by atoms with E-state index in [1.807, 2.05) is 6.92 Å². The van der Waals surface area contributed by atoms with Gasteiger partial charge in [-0.25, -0.2) is 8.42 Å². The van der Waals surface area contributed by atoms with E-state index in [2.05, 4.69) is 5.32 Å². The van der Waals surface area contributed by atoms with Crippen molar-refractivity contribution >= 4 is 50.5 Å². The van der Waals surface area contributed by atoms with Crippen molar-refractivity contribution in [2.75, 3.05) is 15.9 Å². The number of halogens is 2. The van der Waals surface area contributed by atoms with Gasteiger partial charge in [-0.15, -0.1) is 0 Å². The Morgan fingerprint density at radius 1 is 1.20 bits per heavy atom. The number of fused-ring (bicyclic) bond motifs is 1. The van der Waals surface area contributed by atoms with Gasteiger partial charge in [0.2, 0.25) is 10.0 Å². The molecule has 0 aliphatic carbocycles. The summed E-state index contributed by atoms with van der Waals surface area (Å²) in [4.78, 5) is 12.5. The monoisotopic (exact) mass is 398 g/mol. The van der Waals surface area contributed by atoms with Gasteiger partial charge < -0.3 is 5.32 Å². The largest absolute Gasteiger partial charge is 0.321 e. The van der Waals surface area contributed by atoms with Crippen LogP contribution in [0.4, 0.5) is 11.4 Å². The molecule has 3 rings (SSSR count). The second kappa shape index (κ2) is 6.52. The zero-order valence-corrected chi connectivity index (χ0v) is 15.9. The van der Waals surface area contributed by atoms with E-state index in [1.54, 1.807) is 36.4 Å². The summed E-state index contributed by atoms with van der Waals surface area (Å²) in [5.74, 6) is -0.322. The van der Waals surface area contributed by atoms with Gasteiger partial charge in [-0.1, -0.05) is 23.2 Å². The third-order valence-electron chi connectivity index (χ3n) is 4.03. The molecule has 1 amide bonds. The number of carbonyl (C=O) groups excluding carboxylic acids is 1. The lowest BCUT2D eigenvalue weighted by atomic mass is 10.1. The van der Waals surface area contributed by atoms with E-state index in [9.17, 15) is 13.2 Å². The molecular weight excluding hydrogens is 383 g/mol. The number of hydrogen-bond acceptors (Lipinski definition) is 3. The highest BCUT2D eigenvalue weighted by atomic mass is 35.5. The van der Waals surface area contributed by atoms with E-state index in [4.69, 9.17) is 23.2 Å². The number of amides is 1. The molecule has 0 saturated carbocycles. The van der Waals surface area contributed by atoms with Gasteiger partial charge in [0.15, 0.2) is 0 Å². The van der Waals surface area contributed by atoms with Gasteiger partial charge >= 0.3 is 0 Å². The number of hydrogen-bond donors (Lipinski definition) is 1. The average molecular weight is 399 g/mol. The van der Waals surface area contributed by atoms with E-state index < -0.39 is 10.0 Å². The normalized spacial score (nSPS) is 16.6. The van der Waals surface area contributed by atoms with Crippen LogP contribution in [0, 0.1) is 0 Å². The highest BCUT2D eigenvalue weighted by Gasteiger charge is 2.32. The fraction of sp³-hybridized carbons (Fsp3) is 0.235. The summed E-state index contributed by atoms with van der Waals surface area (Å²) in [6.07, 6.45) is 1.74. The van der Waals surface area contributed by atoms with Gasteiger partial charge in [0.25, 0.3) is 5.91 Å². The zero-order chi connectivity index (χ0) is 18.4. The van der Waals surface area contributed by atoms with Crippen molar-refractivity contribution in [3.8, 4) is 0 Å². The van der Waals surface area contributed by atoms with E-state index in [0.717, 1.165) is 5.56 Å². The summed E-state index contributed by atoms with van der Waals surface area (Å²) in [5, 5.41) is 3.56. The molecule has 1 atom stereocenters. The lowest BCUT2D eigenvalue weighted by molar-refractivity contribution is 0.102. The summed E-state index contributed by atoms with van der Waals surface area (Å²) in [6, 6.07) is 9.63. The van der Waals surface area contributed by atoms with Crippen LogP contribution < -0.4 is 9.62 Å². The minimum Gasteiger partial charge on any atom is -0.321 e. The van der Waals surface area contributed by atoms with Crippen molar-refractivity contribution in [1.82, 2.24) is 0 Å². The maximum Gasteiger partial charge on any atom is 0.255 e. The third-order valence-corrected chi connectivity index (χ3v) is 5.85. The molecule has 0 aromatic heterocycles. The Bertz CT molecular complexity index is 960. The van der Waals surface area contributed by atoms with Crippen molar-refractivity contribution in [3.05, 3.63) is 57.6 Å². The van der Waals surface area contributed by atoms with Gasteiger partial charge in [0.1, 0.15) is 0 Å². The molecule has 0 saturated heterocycles. The summed E-state index contributed by atoms with van der Waals surface area (Å²) in [6.45, 7) is 1.84. The number of nitrogens with one attached hydrogen (secondary N) is 1. The molecule has 8 heteroatoms. The Hall–Kier alpha value is -1.76. The van der Waals surface area contributed by atoms with Crippen LogP contribution in [0.25, 0.3) is 0 Å². The fourth-order valence-electron chi connectivity index (χ4n) is 3.03. The molecule has 1 aliphatic rings. The van der Waals surface area contributed by atoms with Crippen LogP contribution >= 0.6 is 23.2 Å². The predicted molar refractivity (Wildman–Crippen MR) is 101 cm³/mol. The van der Waals surface area contributed by atoms with E-state index in [-0.39, 0.29) is 11.9 Å². The molecule has 5 nitrogen and oxygen atoms in total. The van der Waals surface area contributed by atoms with E-state index >= 15 is 0 Å². The van der Waals surface area contributed by atoms with Crippen LogP contribution in [0.3, 0.4) is 0 Å². The number of nitrogens with zero attached hydrogens (tertiary/aromatic N) is 1. The highest BCUT2D eigenvalue weighted by molar-refractivity contribution is 7.92. The molecule has 0 spiro atoms. The van der Waals surface area contributed by atoms with Crippen LogP contribution in [0.1, 0.15) is 22.8 Å². The highest BCUT2D eigenvalue weighted by Crippen LogP contribution is 2.35. The molecule has 132 valence electrons. The average Bonchev–Trinajstić information content (AvgIpc) is 2.84. The topological polar surface area (TPSA) is 66.5 Å². The Morgan fingerprint density at radius 3 is 2.56 bits per heavy atom. The SMILES string of the molecule is C[C@@H]1Cc2cc(C(=O)Nc3ccc(Cl)cc3Cl)ccc2N1S(C)(=O)=O. The predicted octanol–water partition coefficient (Wildman–Crippen LogP) is 3.96. The molecule has 25 heavy (non-hydrogen) atoms. The van der Waals surface area contributed by atoms with Gasteiger partial charge in [-0.2, -0.15) is 0 Å². The Kier molecular flexibility index (Phi) is 4.70. The van der Waals surface area contributed by atoms with Gasteiger partial charge in [-0.3, -0.25) is 9.10 Å². The first kappa shape index (κ1) is 18.0. The number of anilines is 2. The number of sulfonamides is 1. The Balaban J connectivity index is 1.88. The smallest absolute Gasteiger partial charge is 0.255 e. The maximum absolute atomic E-state index is 12.5. The minimum atomic E-state index is -3.35. The quantitative estimate of drug-likeness (QED) is 0.850. The van der Waals surface area contributed by atoms with Crippen LogP contribution in [0.2, 0.25) is 10.0 Å².